The van der Waals surface area contributed by atoms with Crippen molar-refractivity contribution in [2.24, 2.45) is 11.8 Å². The molecule has 0 aromatic heterocycles. The third kappa shape index (κ3) is 5.31. The Morgan fingerprint density at radius 3 is 2.52 bits per heavy atom. The lowest BCUT2D eigenvalue weighted by Crippen LogP contribution is -2.43. The zero-order chi connectivity index (χ0) is 19.2. The molecule has 27 heavy (non-hydrogen) atoms. The quantitative estimate of drug-likeness (QED) is 0.827. The molecule has 6 heteroatoms. The molecule has 6 nitrogen and oxygen atoms in total. The number of allylic oxidation sites excluding steroid dienone is 1. The van der Waals surface area contributed by atoms with E-state index in [4.69, 9.17) is 19.3 Å². The van der Waals surface area contributed by atoms with Gasteiger partial charge in [-0.1, -0.05) is 38.1 Å². The fraction of sp³-hybridized carbons (Fsp3) is 0.571. The van der Waals surface area contributed by atoms with Crippen LogP contribution in [0.25, 0.3) is 0 Å². The molecule has 1 aromatic rings. The van der Waals surface area contributed by atoms with Gasteiger partial charge < -0.3 is 24.2 Å². The molecule has 2 aliphatic rings. The van der Waals surface area contributed by atoms with Crippen LogP contribution in [0.5, 0.6) is 0 Å². The molecule has 148 valence electrons. The van der Waals surface area contributed by atoms with E-state index in [0.29, 0.717) is 44.6 Å². The number of benzene rings is 1. The number of carbonyl (C=O) groups is 1. The van der Waals surface area contributed by atoms with E-state index < -0.39 is 6.29 Å². The topological polar surface area (TPSA) is 68.2 Å². The maximum Gasteiger partial charge on any atom is 0.288 e. The first kappa shape index (κ1) is 19.9. The Bertz CT molecular complexity index is 649. The van der Waals surface area contributed by atoms with Gasteiger partial charge in [0.25, 0.3) is 5.91 Å². The SMILES string of the molecule is CC(C)[C@@H]1C=C(C(=O)N2CCOCC2)O[C@H](OCc2ccc(CO)cc2)C1. The predicted octanol–water partition coefficient (Wildman–Crippen LogP) is 2.46. The van der Waals surface area contributed by atoms with E-state index in [1.807, 2.05) is 30.3 Å². The maximum absolute atomic E-state index is 12.8. The molecule has 1 amide bonds. The van der Waals surface area contributed by atoms with Crippen molar-refractivity contribution in [3.05, 3.63) is 47.2 Å². The summed E-state index contributed by atoms with van der Waals surface area (Å²) < 4.78 is 17.2. The lowest BCUT2D eigenvalue weighted by atomic mass is 9.90. The van der Waals surface area contributed by atoms with E-state index in [1.54, 1.807) is 4.90 Å². The molecule has 0 spiro atoms. The predicted molar refractivity (Wildman–Crippen MR) is 100 cm³/mol. The van der Waals surface area contributed by atoms with Gasteiger partial charge in [-0.2, -0.15) is 0 Å². The molecule has 2 heterocycles. The van der Waals surface area contributed by atoms with Gasteiger partial charge in [0, 0.05) is 19.5 Å². The molecule has 0 radical (unpaired) electrons. The van der Waals surface area contributed by atoms with Crippen molar-refractivity contribution in [1.82, 2.24) is 4.90 Å². The Morgan fingerprint density at radius 2 is 1.89 bits per heavy atom. The molecule has 0 saturated carbocycles. The van der Waals surface area contributed by atoms with Crippen LogP contribution < -0.4 is 0 Å². The van der Waals surface area contributed by atoms with E-state index in [1.165, 1.54) is 0 Å². The van der Waals surface area contributed by atoms with Crippen molar-refractivity contribution in [2.45, 2.75) is 39.8 Å². The first-order chi connectivity index (χ1) is 13.1. The van der Waals surface area contributed by atoms with E-state index in [2.05, 4.69) is 13.8 Å². The Morgan fingerprint density at radius 1 is 1.22 bits per heavy atom. The van der Waals surface area contributed by atoms with Gasteiger partial charge in [0.1, 0.15) is 0 Å². The Hall–Kier alpha value is -1.89. The standard InChI is InChI=1S/C21H29NO5/c1-15(2)18-11-19(21(24)22-7-9-25-10-8-22)27-20(12-18)26-14-17-5-3-16(13-23)4-6-17/h3-6,11,15,18,20,23H,7-10,12-14H2,1-2H3/t18-,20+/m1/s1. The van der Waals surface area contributed by atoms with Crippen LogP contribution in [0.1, 0.15) is 31.4 Å². The van der Waals surface area contributed by atoms with Crippen molar-refractivity contribution in [1.29, 1.82) is 0 Å². The monoisotopic (exact) mass is 375 g/mol. The summed E-state index contributed by atoms with van der Waals surface area (Å²) in [6, 6.07) is 7.63. The minimum absolute atomic E-state index is 0.0285. The molecule has 1 saturated heterocycles. The first-order valence-electron chi connectivity index (χ1n) is 9.62. The zero-order valence-corrected chi connectivity index (χ0v) is 16.1. The highest BCUT2D eigenvalue weighted by molar-refractivity contribution is 5.91. The van der Waals surface area contributed by atoms with Gasteiger partial charge >= 0.3 is 0 Å². The highest BCUT2D eigenvalue weighted by atomic mass is 16.7. The fourth-order valence-electron chi connectivity index (χ4n) is 3.25. The van der Waals surface area contributed by atoms with Crippen molar-refractivity contribution in [3.8, 4) is 0 Å². The summed E-state index contributed by atoms with van der Waals surface area (Å²) in [7, 11) is 0. The minimum atomic E-state index is -0.445. The second kappa shape index (κ2) is 9.35. The number of morpholine rings is 1. The molecular weight excluding hydrogens is 346 g/mol. The van der Waals surface area contributed by atoms with Gasteiger partial charge in [-0.15, -0.1) is 0 Å². The molecule has 0 bridgehead atoms. The van der Waals surface area contributed by atoms with Crippen LogP contribution in [0.4, 0.5) is 0 Å². The Kier molecular flexibility index (Phi) is 6.88. The average molecular weight is 375 g/mol. The number of rotatable bonds is 6. The van der Waals surface area contributed by atoms with Gasteiger partial charge in [-0.3, -0.25) is 4.79 Å². The molecule has 1 aromatic carbocycles. The van der Waals surface area contributed by atoms with E-state index in [0.717, 1.165) is 17.5 Å². The van der Waals surface area contributed by atoms with E-state index in [9.17, 15) is 4.79 Å². The van der Waals surface area contributed by atoms with Crippen LogP contribution in [-0.4, -0.2) is 48.5 Å². The smallest absolute Gasteiger partial charge is 0.288 e. The van der Waals surface area contributed by atoms with Crippen LogP contribution in [0.3, 0.4) is 0 Å². The second-order valence-corrected chi connectivity index (χ2v) is 7.41. The highest BCUT2D eigenvalue weighted by Gasteiger charge is 2.32. The maximum atomic E-state index is 12.8. The fourth-order valence-corrected chi connectivity index (χ4v) is 3.25. The molecule has 0 unspecified atom stereocenters. The van der Waals surface area contributed by atoms with Crippen LogP contribution in [0, 0.1) is 11.8 Å². The second-order valence-electron chi connectivity index (χ2n) is 7.41. The summed E-state index contributed by atoms with van der Waals surface area (Å²) >= 11 is 0. The van der Waals surface area contributed by atoms with Gasteiger partial charge in [-0.05, 0) is 29.0 Å². The largest absolute Gasteiger partial charge is 0.459 e. The average Bonchev–Trinajstić information content (AvgIpc) is 2.72. The Balaban J connectivity index is 1.63. The molecule has 2 aliphatic heterocycles. The lowest BCUT2D eigenvalue weighted by molar-refractivity contribution is -0.161. The number of carbonyl (C=O) groups excluding carboxylic acids is 1. The summed E-state index contributed by atoms with van der Waals surface area (Å²) in [4.78, 5) is 14.6. The molecule has 1 N–H and O–H groups in total. The van der Waals surface area contributed by atoms with Crippen LogP contribution in [0.15, 0.2) is 36.1 Å². The molecular formula is C21H29NO5. The molecule has 3 rings (SSSR count). The van der Waals surface area contributed by atoms with Crippen molar-refractivity contribution >= 4 is 5.91 Å². The summed E-state index contributed by atoms with van der Waals surface area (Å²) in [5.41, 5.74) is 1.88. The van der Waals surface area contributed by atoms with Crippen molar-refractivity contribution < 1.29 is 24.1 Å². The molecule has 2 atom stereocenters. The van der Waals surface area contributed by atoms with Gasteiger partial charge in [0.05, 0.1) is 26.4 Å². The van der Waals surface area contributed by atoms with Crippen LogP contribution >= 0.6 is 0 Å². The Labute approximate surface area is 160 Å². The van der Waals surface area contributed by atoms with Crippen LogP contribution in [-0.2, 0) is 32.2 Å². The summed E-state index contributed by atoms with van der Waals surface area (Å²) in [6.07, 6.45) is 2.24. The first-order valence-corrected chi connectivity index (χ1v) is 9.62. The number of amides is 1. The molecule has 0 aliphatic carbocycles. The highest BCUT2D eigenvalue weighted by Crippen LogP contribution is 2.30. The summed E-state index contributed by atoms with van der Waals surface area (Å²) in [6.45, 7) is 7.04. The normalized spacial score (nSPS) is 23.1. The van der Waals surface area contributed by atoms with Gasteiger partial charge in [0.2, 0.25) is 6.29 Å². The van der Waals surface area contributed by atoms with Gasteiger partial charge in [-0.25, -0.2) is 0 Å². The number of ether oxygens (including phenoxy) is 3. The van der Waals surface area contributed by atoms with Gasteiger partial charge in [0.15, 0.2) is 5.76 Å². The van der Waals surface area contributed by atoms with Crippen molar-refractivity contribution in [3.63, 3.8) is 0 Å². The number of nitrogens with zero attached hydrogens (tertiary/aromatic N) is 1. The number of hydrogen-bond donors (Lipinski definition) is 1. The third-order valence-corrected chi connectivity index (χ3v) is 5.10. The van der Waals surface area contributed by atoms with Crippen molar-refractivity contribution in [2.75, 3.05) is 26.3 Å². The lowest BCUT2D eigenvalue weighted by Gasteiger charge is -2.34. The third-order valence-electron chi connectivity index (χ3n) is 5.10. The number of aliphatic hydroxyl groups is 1. The van der Waals surface area contributed by atoms with E-state index in [-0.39, 0.29) is 18.4 Å². The van der Waals surface area contributed by atoms with Crippen LogP contribution in [0.2, 0.25) is 0 Å². The number of aliphatic hydroxyl groups excluding tert-OH is 1. The zero-order valence-electron chi connectivity index (χ0n) is 16.1. The molecule has 1 fully saturated rings. The van der Waals surface area contributed by atoms with E-state index >= 15 is 0 Å². The minimum Gasteiger partial charge on any atom is -0.459 e. The number of hydrogen-bond acceptors (Lipinski definition) is 5. The summed E-state index contributed by atoms with van der Waals surface area (Å²) in [5, 5.41) is 9.13. The summed E-state index contributed by atoms with van der Waals surface area (Å²) in [5.74, 6) is 0.948.